The number of benzene rings is 1. The molecular weight excluding hydrogens is 293 g/mol. The average molecular weight is 311 g/mol. The molecule has 0 atom stereocenters. The maximum atomic E-state index is 13.8. The van der Waals surface area contributed by atoms with Crippen LogP contribution in [-0.2, 0) is 10.2 Å². The summed E-state index contributed by atoms with van der Waals surface area (Å²) in [6.07, 6.45) is 2.74. The zero-order valence-corrected chi connectivity index (χ0v) is 12.4. The quantitative estimate of drug-likeness (QED) is 0.826. The molecule has 0 saturated carbocycles. The van der Waals surface area contributed by atoms with E-state index in [1.807, 2.05) is 0 Å². The van der Waals surface area contributed by atoms with Crippen LogP contribution in [0.1, 0.15) is 24.8 Å². The van der Waals surface area contributed by atoms with Crippen LogP contribution in [0.3, 0.4) is 0 Å². The van der Waals surface area contributed by atoms with Gasteiger partial charge < -0.3 is 5.73 Å². The Morgan fingerprint density at radius 2 is 2.00 bits per heavy atom. The first kappa shape index (κ1) is 15.8. The molecule has 1 saturated heterocycles. The monoisotopic (exact) mass is 311 g/mol. The molecule has 0 bridgehead atoms. The lowest BCUT2D eigenvalue weighted by Gasteiger charge is -2.26. The van der Waals surface area contributed by atoms with Crippen LogP contribution in [0.4, 0.5) is 10.1 Å². The molecule has 5 nitrogen and oxygen atoms in total. The van der Waals surface area contributed by atoms with Crippen molar-refractivity contribution in [1.82, 2.24) is 4.31 Å². The van der Waals surface area contributed by atoms with E-state index < -0.39 is 16.0 Å². The van der Waals surface area contributed by atoms with E-state index in [0.29, 0.717) is 13.1 Å². The summed E-state index contributed by atoms with van der Waals surface area (Å²) in [4.78, 5) is 0. The maximum Gasteiger partial charge on any atom is 0.301 e. The molecule has 1 heterocycles. The molecule has 0 amide bonds. The summed E-state index contributed by atoms with van der Waals surface area (Å²) in [5, 5.41) is 0. The number of hydrogen-bond acceptors (Lipinski definition) is 3. The van der Waals surface area contributed by atoms with E-state index in [0.717, 1.165) is 25.3 Å². The Bertz CT molecular complexity index is 659. The molecule has 2 rings (SSSR count). The van der Waals surface area contributed by atoms with Gasteiger partial charge in [0.05, 0.1) is 17.8 Å². The van der Waals surface area contributed by atoms with Gasteiger partial charge in [-0.2, -0.15) is 12.7 Å². The van der Waals surface area contributed by atoms with Crippen LogP contribution in [0.25, 0.3) is 0 Å². The van der Waals surface area contributed by atoms with E-state index >= 15 is 0 Å². The van der Waals surface area contributed by atoms with E-state index in [-0.39, 0.29) is 17.8 Å². The van der Waals surface area contributed by atoms with Gasteiger partial charge in [-0.15, -0.1) is 0 Å². The van der Waals surface area contributed by atoms with Crippen molar-refractivity contribution in [2.24, 2.45) is 5.73 Å². The summed E-state index contributed by atoms with van der Waals surface area (Å²) in [7, 11) is -3.62. The summed E-state index contributed by atoms with van der Waals surface area (Å²) < 4.78 is 41.9. The van der Waals surface area contributed by atoms with Crippen LogP contribution in [0.15, 0.2) is 18.2 Å². The van der Waals surface area contributed by atoms with Crippen molar-refractivity contribution in [3.8, 4) is 11.8 Å². The van der Waals surface area contributed by atoms with E-state index in [1.54, 1.807) is 0 Å². The number of piperidine rings is 1. The third kappa shape index (κ3) is 4.17. The number of nitrogens with two attached hydrogens (primary N) is 1. The minimum Gasteiger partial charge on any atom is -0.320 e. The predicted octanol–water partition coefficient (Wildman–Crippen LogP) is 1.28. The SMILES string of the molecule is NCC#Cc1ccc(NS(=O)(=O)N2CCCCC2)cc1F. The molecule has 1 aromatic rings. The van der Waals surface area contributed by atoms with Crippen molar-refractivity contribution >= 4 is 15.9 Å². The second-order valence-corrected chi connectivity index (χ2v) is 6.44. The van der Waals surface area contributed by atoms with Gasteiger partial charge >= 0.3 is 10.2 Å². The van der Waals surface area contributed by atoms with Gasteiger partial charge in [-0.3, -0.25) is 4.72 Å². The third-order valence-electron chi connectivity index (χ3n) is 3.20. The Kier molecular flexibility index (Phi) is 5.17. The van der Waals surface area contributed by atoms with Gasteiger partial charge in [-0.25, -0.2) is 4.39 Å². The second kappa shape index (κ2) is 6.89. The summed E-state index contributed by atoms with van der Waals surface area (Å²) in [5.41, 5.74) is 5.62. The largest absolute Gasteiger partial charge is 0.320 e. The molecule has 7 heteroatoms. The molecule has 0 aliphatic carbocycles. The van der Waals surface area contributed by atoms with Gasteiger partial charge in [0.2, 0.25) is 0 Å². The van der Waals surface area contributed by atoms with Gasteiger partial charge in [-0.1, -0.05) is 18.3 Å². The maximum absolute atomic E-state index is 13.8. The van der Waals surface area contributed by atoms with Crippen molar-refractivity contribution in [2.75, 3.05) is 24.4 Å². The normalized spacial score (nSPS) is 16.1. The molecule has 1 fully saturated rings. The van der Waals surface area contributed by atoms with Crippen LogP contribution in [0, 0.1) is 17.7 Å². The lowest BCUT2D eigenvalue weighted by Crippen LogP contribution is -2.39. The number of halogens is 1. The van der Waals surface area contributed by atoms with E-state index in [1.165, 1.54) is 16.4 Å². The molecule has 0 spiro atoms. The molecule has 1 aliphatic rings. The zero-order valence-electron chi connectivity index (χ0n) is 11.6. The fourth-order valence-corrected chi connectivity index (χ4v) is 3.44. The van der Waals surface area contributed by atoms with Gasteiger partial charge in [0.15, 0.2) is 0 Å². The Hall–Kier alpha value is -1.62. The Morgan fingerprint density at radius 3 is 2.62 bits per heavy atom. The average Bonchev–Trinajstić information content (AvgIpc) is 2.47. The molecular formula is C14H18FN3O2S. The molecule has 114 valence electrons. The second-order valence-electron chi connectivity index (χ2n) is 4.77. The first-order valence-corrected chi connectivity index (χ1v) is 8.23. The Balaban J connectivity index is 2.14. The van der Waals surface area contributed by atoms with E-state index in [4.69, 9.17) is 5.73 Å². The summed E-state index contributed by atoms with van der Waals surface area (Å²) in [5.74, 6) is 4.57. The van der Waals surface area contributed by atoms with Crippen molar-refractivity contribution in [3.63, 3.8) is 0 Å². The molecule has 1 aromatic carbocycles. The highest BCUT2D eigenvalue weighted by molar-refractivity contribution is 7.90. The topological polar surface area (TPSA) is 75.4 Å². The van der Waals surface area contributed by atoms with Crippen molar-refractivity contribution in [1.29, 1.82) is 0 Å². The van der Waals surface area contributed by atoms with Crippen LogP contribution in [0.5, 0.6) is 0 Å². The van der Waals surface area contributed by atoms with E-state index in [9.17, 15) is 12.8 Å². The van der Waals surface area contributed by atoms with Gasteiger partial charge in [-0.05, 0) is 31.0 Å². The van der Waals surface area contributed by atoms with Crippen LogP contribution < -0.4 is 10.5 Å². The highest BCUT2D eigenvalue weighted by Crippen LogP contribution is 2.18. The third-order valence-corrected chi connectivity index (χ3v) is 4.73. The van der Waals surface area contributed by atoms with Crippen molar-refractivity contribution in [3.05, 3.63) is 29.6 Å². The number of nitrogens with one attached hydrogen (secondary N) is 1. The predicted molar refractivity (Wildman–Crippen MR) is 80.3 cm³/mol. The zero-order chi connectivity index (χ0) is 15.3. The molecule has 0 unspecified atom stereocenters. The number of rotatable bonds is 3. The van der Waals surface area contributed by atoms with Crippen LogP contribution >= 0.6 is 0 Å². The Labute approximate surface area is 124 Å². The van der Waals surface area contributed by atoms with Gasteiger partial charge in [0, 0.05) is 13.1 Å². The van der Waals surface area contributed by atoms with Crippen molar-refractivity contribution in [2.45, 2.75) is 19.3 Å². The van der Waals surface area contributed by atoms with Gasteiger partial charge in [0.25, 0.3) is 0 Å². The van der Waals surface area contributed by atoms with Gasteiger partial charge in [0.1, 0.15) is 5.82 Å². The highest BCUT2D eigenvalue weighted by atomic mass is 32.2. The minimum absolute atomic E-state index is 0.142. The Morgan fingerprint density at radius 1 is 1.29 bits per heavy atom. The number of anilines is 1. The lowest BCUT2D eigenvalue weighted by atomic mass is 10.2. The van der Waals surface area contributed by atoms with Crippen molar-refractivity contribution < 1.29 is 12.8 Å². The summed E-state index contributed by atoms with van der Waals surface area (Å²) >= 11 is 0. The van der Waals surface area contributed by atoms with Crippen LogP contribution in [0.2, 0.25) is 0 Å². The summed E-state index contributed by atoms with van der Waals surface area (Å²) in [6, 6.07) is 4.05. The fraction of sp³-hybridized carbons (Fsp3) is 0.429. The molecule has 0 radical (unpaired) electrons. The first-order chi connectivity index (χ1) is 10.0. The molecule has 1 aliphatic heterocycles. The smallest absolute Gasteiger partial charge is 0.301 e. The highest BCUT2D eigenvalue weighted by Gasteiger charge is 2.23. The summed E-state index contributed by atoms with van der Waals surface area (Å²) in [6.45, 7) is 1.14. The fourth-order valence-electron chi connectivity index (χ4n) is 2.14. The number of hydrogen-bond donors (Lipinski definition) is 2. The van der Waals surface area contributed by atoms with Crippen LogP contribution in [-0.4, -0.2) is 32.4 Å². The standard InChI is InChI=1S/C14H18FN3O2S/c15-14-11-13(7-6-12(14)5-4-8-16)17-21(19,20)18-9-2-1-3-10-18/h6-7,11,17H,1-3,8-10,16H2. The number of nitrogens with zero attached hydrogens (tertiary/aromatic N) is 1. The minimum atomic E-state index is -3.62. The lowest BCUT2D eigenvalue weighted by molar-refractivity contribution is 0.349. The molecule has 21 heavy (non-hydrogen) atoms. The molecule has 3 N–H and O–H groups in total. The first-order valence-electron chi connectivity index (χ1n) is 6.79. The van der Waals surface area contributed by atoms with E-state index in [2.05, 4.69) is 16.6 Å². The molecule has 0 aromatic heterocycles.